The highest BCUT2D eigenvalue weighted by atomic mass is 32.2. The zero-order valence-corrected chi connectivity index (χ0v) is 20.4. The molecule has 0 unspecified atom stereocenters. The predicted octanol–water partition coefficient (Wildman–Crippen LogP) is 2.92. The van der Waals surface area contributed by atoms with E-state index in [0.717, 1.165) is 38.2 Å². The summed E-state index contributed by atoms with van der Waals surface area (Å²) in [7, 11) is -13.7. The van der Waals surface area contributed by atoms with Crippen molar-refractivity contribution in [1.82, 2.24) is 0 Å². The lowest BCUT2D eigenvalue weighted by molar-refractivity contribution is 0.403. The number of nitrogens with one attached hydrogen (secondary N) is 1. The summed E-state index contributed by atoms with van der Waals surface area (Å²) >= 11 is 0. The van der Waals surface area contributed by atoms with E-state index in [2.05, 4.69) is 5.32 Å². The summed E-state index contributed by atoms with van der Waals surface area (Å²) in [4.78, 5) is -2.27. The number of furan rings is 1. The smallest absolute Gasteiger partial charge is 0.296 e. The summed E-state index contributed by atoms with van der Waals surface area (Å²) in [6.45, 7) is -0.0354. The van der Waals surface area contributed by atoms with Crippen molar-refractivity contribution in [3.63, 3.8) is 0 Å². The average Bonchev–Trinajstić information content (AvgIpc) is 3.20. The van der Waals surface area contributed by atoms with Gasteiger partial charge in [0.1, 0.15) is 15.6 Å². The standard InChI is InChI=1S/C20H28N2O8S3/c21-32(25,26)20-12-18(33(27,28)29)17(22-13-16-9-6-10-30-16)11-19(20)31(23,24)14-15-7-4-2-1-3-5-8-15/h6,9-12,15,22H,1-5,7-8,13-14H2,(H2,21,25,26)(H,27,28,29). The second kappa shape index (κ2) is 10.1. The first-order valence-corrected chi connectivity index (χ1v) is 15.2. The fraction of sp³-hybridized carbons (Fsp3) is 0.500. The Balaban J connectivity index is 2.08. The third kappa shape index (κ3) is 6.79. The van der Waals surface area contributed by atoms with Crippen molar-refractivity contribution in [2.75, 3.05) is 11.1 Å². The number of primary sulfonamides is 1. The van der Waals surface area contributed by atoms with Crippen molar-refractivity contribution in [3.8, 4) is 0 Å². The summed E-state index contributed by atoms with van der Waals surface area (Å²) in [5, 5.41) is 7.94. The number of hydrogen-bond acceptors (Lipinski definition) is 8. The van der Waals surface area contributed by atoms with Gasteiger partial charge in [-0.15, -0.1) is 0 Å². The monoisotopic (exact) mass is 520 g/mol. The van der Waals surface area contributed by atoms with Gasteiger partial charge in [-0.3, -0.25) is 4.55 Å². The molecular weight excluding hydrogens is 492 g/mol. The van der Waals surface area contributed by atoms with Crippen LogP contribution in [0.5, 0.6) is 0 Å². The molecule has 1 aromatic heterocycles. The van der Waals surface area contributed by atoms with Gasteiger partial charge in [-0.25, -0.2) is 22.0 Å². The lowest BCUT2D eigenvalue weighted by Gasteiger charge is -2.21. The van der Waals surface area contributed by atoms with Gasteiger partial charge >= 0.3 is 0 Å². The summed E-state index contributed by atoms with van der Waals surface area (Å²) in [6, 6.07) is 4.70. The van der Waals surface area contributed by atoms with Gasteiger partial charge in [-0.05, 0) is 43.0 Å². The molecule has 1 heterocycles. The molecular formula is C20H28N2O8S3. The van der Waals surface area contributed by atoms with E-state index in [1.54, 1.807) is 12.1 Å². The van der Waals surface area contributed by atoms with E-state index < -0.39 is 44.7 Å². The van der Waals surface area contributed by atoms with E-state index in [1.807, 2.05) is 0 Å². The molecule has 184 valence electrons. The largest absolute Gasteiger partial charge is 0.467 e. The van der Waals surface area contributed by atoms with Crippen LogP contribution in [0.1, 0.15) is 50.7 Å². The van der Waals surface area contributed by atoms with Crippen LogP contribution < -0.4 is 10.5 Å². The van der Waals surface area contributed by atoms with E-state index in [1.165, 1.54) is 6.26 Å². The third-order valence-electron chi connectivity index (χ3n) is 5.68. The van der Waals surface area contributed by atoms with Crippen LogP contribution in [0.3, 0.4) is 0 Å². The topological polar surface area (TPSA) is 174 Å². The number of sulfone groups is 1. The zero-order chi connectivity index (χ0) is 24.3. The van der Waals surface area contributed by atoms with Crippen LogP contribution in [-0.2, 0) is 36.5 Å². The molecule has 1 fully saturated rings. The Morgan fingerprint density at radius 1 is 0.939 bits per heavy atom. The van der Waals surface area contributed by atoms with Crippen LogP contribution in [0.15, 0.2) is 49.6 Å². The number of nitrogens with two attached hydrogens (primary N) is 1. The Morgan fingerprint density at radius 2 is 1.58 bits per heavy atom. The van der Waals surface area contributed by atoms with Gasteiger partial charge in [0.05, 0.1) is 29.1 Å². The lowest BCUT2D eigenvalue weighted by Crippen LogP contribution is -2.23. The molecule has 0 bridgehead atoms. The maximum absolute atomic E-state index is 13.3. The predicted molar refractivity (Wildman–Crippen MR) is 122 cm³/mol. The Bertz CT molecular complexity index is 1280. The molecule has 1 saturated carbocycles. The normalized spacial score (nSPS) is 16.8. The first-order chi connectivity index (χ1) is 15.4. The minimum atomic E-state index is -4.91. The SMILES string of the molecule is NS(=O)(=O)c1cc(S(=O)(=O)O)c(NCc2ccco2)cc1S(=O)(=O)CC1CCCCCCC1. The number of anilines is 1. The van der Waals surface area contributed by atoms with Crippen LogP contribution in [0, 0.1) is 5.92 Å². The number of sulfonamides is 1. The van der Waals surface area contributed by atoms with Gasteiger partial charge in [-0.1, -0.05) is 32.1 Å². The molecule has 0 radical (unpaired) electrons. The van der Waals surface area contributed by atoms with Gasteiger partial charge in [0.25, 0.3) is 10.1 Å². The van der Waals surface area contributed by atoms with Gasteiger partial charge in [-0.2, -0.15) is 8.42 Å². The van der Waals surface area contributed by atoms with Crippen molar-refractivity contribution in [2.45, 2.75) is 66.2 Å². The van der Waals surface area contributed by atoms with E-state index in [9.17, 15) is 29.8 Å². The zero-order valence-electron chi connectivity index (χ0n) is 17.9. The van der Waals surface area contributed by atoms with Gasteiger partial charge in [0, 0.05) is 0 Å². The van der Waals surface area contributed by atoms with Crippen LogP contribution in [0.25, 0.3) is 0 Å². The third-order valence-corrected chi connectivity index (χ3v) is 9.57. The van der Waals surface area contributed by atoms with Crippen LogP contribution in [0.4, 0.5) is 5.69 Å². The molecule has 1 aromatic carbocycles. The van der Waals surface area contributed by atoms with Gasteiger partial charge in [0.15, 0.2) is 9.84 Å². The molecule has 1 aliphatic carbocycles. The van der Waals surface area contributed by atoms with Crippen molar-refractivity contribution in [2.24, 2.45) is 11.1 Å². The van der Waals surface area contributed by atoms with E-state index in [4.69, 9.17) is 9.56 Å². The molecule has 4 N–H and O–H groups in total. The molecule has 0 atom stereocenters. The van der Waals surface area contributed by atoms with Gasteiger partial charge < -0.3 is 9.73 Å². The number of rotatable bonds is 8. The van der Waals surface area contributed by atoms with Crippen molar-refractivity contribution >= 4 is 35.7 Å². The van der Waals surface area contributed by atoms with Gasteiger partial charge in [0.2, 0.25) is 10.0 Å². The Labute approximate surface area is 194 Å². The Kier molecular flexibility index (Phi) is 7.89. The van der Waals surface area contributed by atoms with Crippen LogP contribution >= 0.6 is 0 Å². The molecule has 0 amide bonds. The summed E-state index contributed by atoms with van der Waals surface area (Å²) in [6.07, 6.45) is 7.73. The number of benzene rings is 1. The minimum Gasteiger partial charge on any atom is -0.467 e. The molecule has 10 nitrogen and oxygen atoms in total. The fourth-order valence-electron chi connectivity index (χ4n) is 4.06. The Hall–Kier alpha value is -1.93. The van der Waals surface area contributed by atoms with E-state index >= 15 is 0 Å². The van der Waals surface area contributed by atoms with Crippen LogP contribution in [0.2, 0.25) is 0 Å². The number of hydrogen-bond donors (Lipinski definition) is 3. The highest BCUT2D eigenvalue weighted by Crippen LogP contribution is 2.34. The second-order valence-electron chi connectivity index (χ2n) is 8.24. The first-order valence-electron chi connectivity index (χ1n) is 10.6. The Morgan fingerprint density at radius 3 is 2.12 bits per heavy atom. The van der Waals surface area contributed by atoms with Crippen molar-refractivity contribution in [1.29, 1.82) is 0 Å². The highest BCUT2D eigenvalue weighted by Gasteiger charge is 2.31. The molecule has 33 heavy (non-hydrogen) atoms. The molecule has 1 aliphatic rings. The summed E-state index contributed by atoms with van der Waals surface area (Å²) in [5.41, 5.74) is -0.280. The first kappa shape index (κ1) is 25.7. The van der Waals surface area contributed by atoms with Crippen molar-refractivity contribution in [3.05, 3.63) is 36.3 Å². The summed E-state index contributed by atoms with van der Waals surface area (Å²) < 4.78 is 89.9. The molecule has 0 saturated heterocycles. The molecule has 3 rings (SSSR count). The summed E-state index contributed by atoms with van der Waals surface area (Å²) in [5.74, 6) is -0.0200. The van der Waals surface area contributed by atoms with Crippen LogP contribution in [-0.4, -0.2) is 35.6 Å². The molecule has 0 aliphatic heterocycles. The van der Waals surface area contributed by atoms with E-state index in [0.29, 0.717) is 24.7 Å². The van der Waals surface area contributed by atoms with E-state index in [-0.39, 0.29) is 23.9 Å². The molecule has 13 heteroatoms. The van der Waals surface area contributed by atoms with Crippen molar-refractivity contribution < 1.29 is 34.2 Å². The lowest BCUT2D eigenvalue weighted by atomic mass is 9.93. The second-order valence-corrected chi connectivity index (χ2v) is 13.2. The minimum absolute atomic E-state index is 0.0354. The maximum Gasteiger partial charge on any atom is 0.296 e. The quantitative estimate of drug-likeness (QED) is 0.442. The highest BCUT2D eigenvalue weighted by molar-refractivity contribution is 7.93. The maximum atomic E-state index is 13.3. The average molecular weight is 521 g/mol. The fourth-order valence-corrected chi connectivity index (χ4v) is 7.96. The molecule has 2 aromatic rings. The molecule has 0 spiro atoms.